The van der Waals surface area contributed by atoms with Gasteiger partial charge in [0.05, 0.1) is 5.56 Å². The van der Waals surface area contributed by atoms with Crippen molar-refractivity contribution in [2.24, 2.45) is 5.92 Å². The van der Waals surface area contributed by atoms with Gasteiger partial charge in [0.2, 0.25) is 0 Å². The van der Waals surface area contributed by atoms with Crippen LogP contribution in [-0.4, -0.2) is 49.2 Å². The van der Waals surface area contributed by atoms with Crippen LogP contribution in [0.4, 0.5) is 0 Å². The number of hydrogen-bond donors (Lipinski definition) is 1. The van der Waals surface area contributed by atoms with Crippen molar-refractivity contribution >= 4 is 5.91 Å². The first-order valence-corrected chi connectivity index (χ1v) is 10.3. The predicted molar refractivity (Wildman–Crippen MR) is 105 cm³/mol. The third-order valence-corrected chi connectivity index (χ3v) is 5.79. The van der Waals surface area contributed by atoms with Crippen LogP contribution in [0.1, 0.15) is 60.0 Å². The maximum atomic E-state index is 12.8. The fourth-order valence-electron chi connectivity index (χ4n) is 3.99. The van der Waals surface area contributed by atoms with Crippen LogP contribution >= 0.6 is 0 Å². The largest absolute Gasteiger partial charge is 0.337 e. The Morgan fingerprint density at radius 2 is 2.24 bits per heavy atom. The summed E-state index contributed by atoms with van der Waals surface area (Å²) in [6.07, 6.45) is 9.63. The van der Waals surface area contributed by atoms with E-state index in [0.717, 1.165) is 50.0 Å². The molecular formula is C21H24N6O2. The van der Waals surface area contributed by atoms with Gasteiger partial charge in [0.1, 0.15) is 5.69 Å². The van der Waals surface area contributed by atoms with E-state index < -0.39 is 0 Å². The van der Waals surface area contributed by atoms with Gasteiger partial charge in [-0.15, -0.1) is 0 Å². The molecule has 29 heavy (non-hydrogen) atoms. The molecule has 4 heterocycles. The van der Waals surface area contributed by atoms with Crippen LogP contribution in [0.15, 0.2) is 35.1 Å². The molecular weight excluding hydrogens is 368 g/mol. The summed E-state index contributed by atoms with van der Waals surface area (Å²) in [5.74, 6) is 2.25. The highest BCUT2D eigenvalue weighted by Gasteiger charge is 2.29. The number of carbonyl (C=O) groups excluding carboxylic acids is 1. The minimum atomic E-state index is 0.0382. The molecule has 8 nitrogen and oxygen atoms in total. The highest BCUT2D eigenvalue weighted by atomic mass is 16.5. The molecule has 2 aliphatic rings. The minimum Gasteiger partial charge on any atom is -0.337 e. The lowest BCUT2D eigenvalue weighted by Crippen LogP contribution is -2.40. The monoisotopic (exact) mass is 392 g/mol. The van der Waals surface area contributed by atoms with Gasteiger partial charge >= 0.3 is 0 Å². The van der Waals surface area contributed by atoms with Crippen molar-refractivity contribution in [3.63, 3.8) is 0 Å². The van der Waals surface area contributed by atoms with Crippen LogP contribution in [-0.2, 0) is 6.42 Å². The molecule has 1 saturated carbocycles. The molecule has 1 aliphatic carbocycles. The third-order valence-electron chi connectivity index (χ3n) is 5.79. The second kappa shape index (κ2) is 7.77. The molecule has 1 N–H and O–H groups in total. The van der Waals surface area contributed by atoms with E-state index in [0.29, 0.717) is 29.2 Å². The number of nitrogens with zero attached hydrogens (tertiary/aromatic N) is 5. The molecule has 8 heteroatoms. The summed E-state index contributed by atoms with van der Waals surface area (Å²) in [6, 6.07) is 5.68. The summed E-state index contributed by atoms with van der Waals surface area (Å²) in [5, 5.41) is 11.4. The van der Waals surface area contributed by atoms with Crippen molar-refractivity contribution in [2.45, 2.75) is 44.4 Å². The van der Waals surface area contributed by atoms with Crippen LogP contribution in [0.25, 0.3) is 11.5 Å². The van der Waals surface area contributed by atoms with Gasteiger partial charge in [-0.3, -0.25) is 14.9 Å². The van der Waals surface area contributed by atoms with Gasteiger partial charge in [-0.1, -0.05) is 5.16 Å². The van der Waals surface area contributed by atoms with Crippen molar-refractivity contribution in [3.8, 4) is 11.5 Å². The first-order valence-electron chi connectivity index (χ1n) is 10.3. The van der Waals surface area contributed by atoms with E-state index in [-0.39, 0.29) is 5.91 Å². The number of pyridine rings is 1. The average molecular weight is 392 g/mol. The van der Waals surface area contributed by atoms with Crippen molar-refractivity contribution in [1.82, 2.24) is 30.2 Å². The molecule has 1 saturated heterocycles. The maximum Gasteiger partial charge on any atom is 0.274 e. The second-order valence-corrected chi connectivity index (χ2v) is 8.04. The zero-order valence-electron chi connectivity index (χ0n) is 16.3. The molecule has 1 amide bonds. The molecule has 2 fully saturated rings. The number of aromatic nitrogens is 5. The van der Waals surface area contributed by atoms with Crippen LogP contribution in [0.3, 0.4) is 0 Å². The van der Waals surface area contributed by atoms with Gasteiger partial charge in [-0.05, 0) is 56.2 Å². The Kier molecular flexibility index (Phi) is 4.83. The summed E-state index contributed by atoms with van der Waals surface area (Å²) in [5.41, 5.74) is 2.47. The van der Waals surface area contributed by atoms with Crippen LogP contribution in [0.2, 0.25) is 0 Å². The van der Waals surface area contributed by atoms with E-state index >= 15 is 0 Å². The van der Waals surface area contributed by atoms with Gasteiger partial charge in [0, 0.05) is 43.5 Å². The maximum absolute atomic E-state index is 12.8. The van der Waals surface area contributed by atoms with Crippen LogP contribution < -0.4 is 0 Å². The van der Waals surface area contributed by atoms with Crippen molar-refractivity contribution in [2.75, 3.05) is 13.1 Å². The lowest BCUT2D eigenvalue weighted by molar-refractivity contribution is 0.0662. The van der Waals surface area contributed by atoms with E-state index in [1.165, 1.54) is 12.8 Å². The van der Waals surface area contributed by atoms with Crippen molar-refractivity contribution < 1.29 is 9.32 Å². The number of nitrogens with one attached hydrogen (secondary N) is 1. The fourth-order valence-corrected chi connectivity index (χ4v) is 3.99. The Labute approximate surface area is 168 Å². The number of carbonyl (C=O) groups is 1. The minimum absolute atomic E-state index is 0.0382. The van der Waals surface area contributed by atoms with Gasteiger partial charge in [-0.25, -0.2) is 0 Å². The number of hydrogen-bond acceptors (Lipinski definition) is 6. The topological polar surface area (TPSA) is 101 Å². The summed E-state index contributed by atoms with van der Waals surface area (Å²) >= 11 is 0. The first kappa shape index (κ1) is 18.0. The number of likely N-dealkylation sites (tertiary alicyclic amines) is 1. The van der Waals surface area contributed by atoms with Gasteiger partial charge in [-0.2, -0.15) is 10.1 Å². The van der Waals surface area contributed by atoms with Crippen LogP contribution in [0.5, 0.6) is 0 Å². The number of rotatable bonds is 6. The zero-order valence-corrected chi connectivity index (χ0v) is 16.3. The zero-order chi connectivity index (χ0) is 19.6. The molecule has 1 atom stereocenters. The third kappa shape index (κ3) is 4.06. The highest BCUT2D eigenvalue weighted by molar-refractivity contribution is 5.92. The molecule has 5 rings (SSSR count). The van der Waals surface area contributed by atoms with Crippen LogP contribution in [0, 0.1) is 5.92 Å². The second-order valence-electron chi connectivity index (χ2n) is 8.04. The lowest BCUT2D eigenvalue weighted by atomic mass is 9.93. The Balaban J connectivity index is 1.17. The molecule has 0 aromatic carbocycles. The molecule has 1 unspecified atom stereocenters. The number of H-pyrrole nitrogens is 1. The fraction of sp³-hybridized carbons (Fsp3) is 0.476. The van der Waals surface area contributed by atoms with Crippen molar-refractivity contribution in [3.05, 3.63) is 47.8 Å². The van der Waals surface area contributed by atoms with E-state index in [2.05, 4.69) is 25.3 Å². The smallest absolute Gasteiger partial charge is 0.274 e. The molecule has 0 spiro atoms. The Morgan fingerprint density at radius 1 is 1.31 bits per heavy atom. The number of piperidine rings is 1. The summed E-state index contributed by atoms with van der Waals surface area (Å²) < 4.78 is 5.36. The highest BCUT2D eigenvalue weighted by Crippen LogP contribution is 2.39. The first-order chi connectivity index (χ1) is 14.3. The normalized spacial score (nSPS) is 19.4. The standard InChI is InChI=1S/C21H24N6O2/c28-21(18-11-17(24-25-18)15-6-7-15)27-10-2-3-14(13-27)5-8-19-23-20(29-26-19)16-4-1-9-22-12-16/h1,4,9,11-12,14-15H,2-3,5-8,10,13H2,(H,24,25). The van der Waals surface area contributed by atoms with E-state index in [9.17, 15) is 4.79 Å². The van der Waals surface area contributed by atoms with E-state index in [1.54, 1.807) is 12.4 Å². The van der Waals surface area contributed by atoms with Gasteiger partial charge in [0.25, 0.3) is 11.8 Å². The van der Waals surface area contributed by atoms with Gasteiger partial charge < -0.3 is 9.42 Å². The Bertz CT molecular complexity index is 978. The number of amides is 1. The summed E-state index contributed by atoms with van der Waals surface area (Å²) in [7, 11) is 0. The van der Waals surface area contributed by atoms with Crippen molar-refractivity contribution in [1.29, 1.82) is 0 Å². The molecule has 0 bridgehead atoms. The average Bonchev–Trinajstić information content (AvgIpc) is 3.31. The number of aryl methyl sites for hydroxylation is 1. The number of aromatic amines is 1. The van der Waals surface area contributed by atoms with E-state index in [1.807, 2.05) is 23.1 Å². The quantitative estimate of drug-likeness (QED) is 0.691. The molecule has 3 aromatic heterocycles. The summed E-state index contributed by atoms with van der Waals surface area (Å²) in [4.78, 5) is 23.3. The molecule has 1 aliphatic heterocycles. The Hall–Kier alpha value is -3.03. The molecule has 150 valence electrons. The van der Waals surface area contributed by atoms with Gasteiger partial charge in [0.15, 0.2) is 5.82 Å². The molecule has 0 radical (unpaired) electrons. The SMILES string of the molecule is O=C(c1cc(C2CC2)[nH]n1)N1CCCC(CCc2noc(-c3cccnc3)n2)C1. The predicted octanol–water partition coefficient (Wildman–Crippen LogP) is 3.22. The Morgan fingerprint density at radius 3 is 3.07 bits per heavy atom. The molecule has 3 aromatic rings. The summed E-state index contributed by atoms with van der Waals surface area (Å²) in [6.45, 7) is 1.56. The van der Waals surface area contributed by atoms with E-state index in [4.69, 9.17) is 4.52 Å². The lowest BCUT2D eigenvalue weighted by Gasteiger charge is -2.32.